The maximum absolute atomic E-state index is 12.4. The quantitative estimate of drug-likeness (QED) is 0.836. The van der Waals surface area contributed by atoms with Gasteiger partial charge in [-0.1, -0.05) is 19.9 Å². The molecule has 126 valence electrons. The minimum absolute atomic E-state index is 0.00957. The zero-order valence-corrected chi connectivity index (χ0v) is 14.0. The fourth-order valence-corrected chi connectivity index (χ4v) is 2.52. The predicted octanol–water partition coefficient (Wildman–Crippen LogP) is 1.74. The lowest BCUT2D eigenvalue weighted by Crippen LogP contribution is -2.49. The summed E-state index contributed by atoms with van der Waals surface area (Å²) in [6, 6.07) is 5.47. The fourth-order valence-electron chi connectivity index (χ4n) is 2.52. The van der Waals surface area contributed by atoms with E-state index in [1.165, 1.54) is 4.90 Å². The van der Waals surface area contributed by atoms with Crippen LogP contribution in [0.25, 0.3) is 0 Å². The molecule has 0 fully saturated rings. The number of carbonyl (C=O) groups is 2. The SMILES string of the molecule is CCCNC(=O)CN1C(=O)C(C)Oc2ccc(C(N)CC)cc21. The summed E-state index contributed by atoms with van der Waals surface area (Å²) in [6.45, 7) is 6.26. The van der Waals surface area contributed by atoms with Crippen LogP contribution in [0.1, 0.15) is 45.2 Å². The Morgan fingerprint density at radius 1 is 1.43 bits per heavy atom. The smallest absolute Gasteiger partial charge is 0.268 e. The number of rotatable bonds is 6. The third-order valence-electron chi connectivity index (χ3n) is 3.93. The molecule has 0 saturated heterocycles. The molecule has 1 aliphatic rings. The summed E-state index contributed by atoms with van der Waals surface area (Å²) in [5, 5.41) is 2.80. The summed E-state index contributed by atoms with van der Waals surface area (Å²) in [4.78, 5) is 26.0. The van der Waals surface area contributed by atoms with E-state index in [4.69, 9.17) is 10.5 Å². The van der Waals surface area contributed by atoms with E-state index in [1.54, 1.807) is 6.92 Å². The van der Waals surface area contributed by atoms with E-state index >= 15 is 0 Å². The number of carbonyl (C=O) groups excluding carboxylic acids is 2. The Morgan fingerprint density at radius 3 is 2.83 bits per heavy atom. The highest BCUT2D eigenvalue weighted by Crippen LogP contribution is 2.36. The second-order valence-corrected chi connectivity index (χ2v) is 5.78. The zero-order valence-electron chi connectivity index (χ0n) is 14.0. The first-order chi connectivity index (χ1) is 11.0. The molecule has 0 radical (unpaired) electrons. The van der Waals surface area contributed by atoms with Gasteiger partial charge in [0.25, 0.3) is 5.91 Å². The fraction of sp³-hybridized carbons (Fsp3) is 0.529. The van der Waals surface area contributed by atoms with Crippen LogP contribution in [0.5, 0.6) is 5.75 Å². The van der Waals surface area contributed by atoms with Crippen LogP contribution < -0.4 is 20.7 Å². The van der Waals surface area contributed by atoms with Crippen LogP contribution in [0.15, 0.2) is 18.2 Å². The van der Waals surface area contributed by atoms with Crippen LogP contribution in [-0.2, 0) is 9.59 Å². The Kier molecular flexibility index (Phi) is 5.60. The van der Waals surface area contributed by atoms with Gasteiger partial charge in [-0.25, -0.2) is 0 Å². The Balaban J connectivity index is 2.30. The molecule has 0 spiro atoms. The first-order valence-corrected chi connectivity index (χ1v) is 8.12. The second kappa shape index (κ2) is 7.46. The number of hydrogen-bond acceptors (Lipinski definition) is 4. The van der Waals surface area contributed by atoms with Crippen molar-refractivity contribution in [2.24, 2.45) is 5.73 Å². The highest BCUT2D eigenvalue weighted by Gasteiger charge is 2.33. The van der Waals surface area contributed by atoms with Gasteiger partial charge < -0.3 is 15.8 Å². The molecule has 0 bridgehead atoms. The van der Waals surface area contributed by atoms with Crippen molar-refractivity contribution >= 4 is 17.5 Å². The van der Waals surface area contributed by atoms with Crippen LogP contribution in [0.4, 0.5) is 5.69 Å². The van der Waals surface area contributed by atoms with Crippen molar-refractivity contribution in [1.29, 1.82) is 0 Å². The molecule has 6 nitrogen and oxygen atoms in total. The monoisotopic (exact) mass is 319 g/mol. The van der Waals surface area contributed by atoms with Gasteiger partial charge in [-0.15, -0.1) is 0 Å². The molecule has 1 aromatic rings. The number of fused-ring (bicyclic) bond motifs is 1. The van der Waals surface area contributed by atoms with Gasteiger partial charge in [0.15, 0.2) is 6.10 Å². The van der Waals surface area contributed by atoms with Gasteiger partial charge in [-0.05, 0) is 37.5 Å². The summed E-state index contributed by atoms with van der Waals surface area (Å²) in [5.74, 6) is 0.212. The Labute approximate surface area is 137 Å². The second-order valence-electron chi connectivity index (χ2n) is 5.78. The lowest BCUT2D eigenvalue weighted by atomic mass is 10.0. The van der Waals surface area contributed by atoms with Crippen molar-refractivity contribution in [2.75, 3.05) is 18.0 Å². The van der Waals surface area contributed by atoms with E-state index in [9.17, 15) is 9.59 Å². The van der Waals surface area contributed by atoms with Gasteiger partial charge in [-0.3, -0.25) is 14.5 Å². The molecule has 1 aromatic carbocycles. The Morgan fingerprint density at radius 2 is 2.17 bits per heavy atom. The van der Waals surface area contributed by atoms with E-state index in [2.05, 4.69) is 5.32 Å². The molecule has 1 aliphatic heterocycles. The Hall–Kier alpha value is -2.08. The van der Waals surface area contributed by atoms with E-state index in [0.29, 0.717) is 18.0 Å². The van der Waals surface area contributed by atoms with Crippen molar-refractivity contribution in [3.63, 3.8) is 0 Å². The highest BCUT2D eigenvalue weighted by molar-refractivity contribution is 6.03. The van der Waals surface area contributed by atoms with Crippen LogP contribution in [-0.4, -0.2) is 31.0 Å². The lowest BCUT2D eigenvalue weighted by Gasteiger charge is -2.33. The van der Waals surface area contributed by atoms with Gasteiger partial charge in [0.05, 0.1) is 5.69 Å². The number of anilines is 1. The van der Waals surface area contributed by atoms with Crippen LogP contribution in [0.2, 0.25) is 0 Å². The predicted molar refractivity (Wildman–Crippen MR) is 89.4 cm³/mol. The minimum Gasteiger partial charge on any atom is -0.479 e. The van der Waals surface area contributed by atoms with Crippen molar-refractivity contribution in [1.82, 2.24) is 5.32 Å². The first-order valence-electron chi connectivity index (χ1n) is 8.12. The molecule has 0 aromatic heterocycles. The number of ether oxygens (including phenoxy) is 1. The van der Waals surface area contributed by atoms with Crippen molar-refractivity contribution in [3.8, 4) is 5.75 Å². The third kappa shape index (κ3) is 3.82. The van der Waals surface area contributed by atoms with Gasteiger partial charge in [0, 0.05) is 12.6 Å². The summed E-state index contributed by atoms with van der Waals surface area (Å²) in [6.07, 6.45) is 1.04. The first kappa shape index (κ1) is 17.3. The number of benzene rings is 1. The number of amides is 2. The molecule has 23 heavy (non-hydrogen) atoms. The molecule has 1 heterocycles. The normalized spacial score (nSPS) is 18.2. The molecule has 0 aliphatic carbocycles. The van der Waals surface area contributed by atoms with Gasteiger partial charge in [0.1, 0.15) is 12.3 Å². The average molecular weight is 319 g/mol. The maximum atomic E-state index is 12.4. The molecule has 2 amide bonds. The minimum atomic E-state index is -0.604. The Bertz CT molecular complexity index is 588. The topological polar surface area (TPSA) is 84.7 Å². The zero-order chi connectivity index (χ0) is 17.0. The van der Waals surface area contributed by atoms with Crippen LogP contribution in [0.3, 0.4) is 0 Å². The number of hydrogen-bond donors (Lipinski definition) is 2. The highest BCUT2D eigenvalue weighted by atomic mass is 16.5. The van der Waals surface area contributed by atoms with Gasteiger partial charge in [0.2, 0.25) is 5.91 Å². The molecule has 3 N–H and O–H groups in total. The summed E-state index contributed by atoms with van der Waals surface area (Å²) >= 11 is 0. The van der Waals surface area contributed by atoms with Crippen molar-refractivity contribution < 1.29 is 14.3 Å². The molecule has 2 rings (SSSR count). The van der Waals surface area contributed by atoms with Gasteiger partial charge >= 0.3 is 0 Å². The van der Waals surface area contributed by atoms with E-state index in [-0.39, 0.29) is 24.4 Å². The lowest BCUT2D eigenvalue weighted by molar-refractivity contribution is -0.128. The summed E-state index contributed by atoms with van der Waals surface area (Å²) in [7, 11) is 0. The van der Waals surface area contributed by atoms with Crippen LogP contribution in [0, 0.1) is 0 Å². The molecular weight excluding hydrogens is 294 g/mol. The van der Waals surface area contributed by atoms with E-state index in [1.807, 2.05) is 32.0 Å². The largest absolute Gasteiger partial charge is 0.479 e. The summed E-state index contributed by atoms with van der Waals surface area (Å²) in [5.41, 5.74) is 7.62. The molecule has 6 heteroatoms. The van der Waals surface area contributed by atoms with Crippen molar-refractivity contribution in [3.05, 3.63) is 23.8 Å². The third-order valence-corrected chi connectivity index (χ3v) is 3.93. The van der Waals surface area contributed by atoms with E-state index in [0.717, 1.165) is 18.4 Å². The maximum Gasteiger partial charge on any atom is 0.268 e. The van der Waals surface area contributed by atoms with E-state index < -0.39 is 6.10 Å². The molecule has 0 saturated carbocycles. The molecule has 2 unspecified atom stereocenters. The number of nitrogens with zero attached hydrogens (tertiary/aromatic N) is 1. The average Bonchev–Trinajstić information content (AvgIpc) is 2.56. The number of nitrogens with two attached hydrogens (primary N) is 1. The molecule has 2 atom stereocenters. The van der Waals surface area contributed by atoms with Gasteiger partial charge in [-0.2, -0.15) is 0 Å². The molecular formula is C17H25N3O3. The number of nitrogens with one attached hydrogen (secondary N) is 1. The van der Waals surface area contributed by atoms with Crippen LogP contribution >= 0.6 is 0 Å². The van der Waals surface area contributed by atoms with Crippen molar-refractivity contribution in [2.45, 2.75) is 45.8 Å². The standard InChI is InChI=1S/C17H25N3O3/c1-4-8-19-16(21)10-20-14-9-12(13(18)5-2)6-7-15(14)23-11(3)17(20)22/h6-7,9,11,13H,4-5,8,10,18H2,1-3H3,(H,19,21). The summed E-state index contributed by atoms with van der Waals surface area (Å²) < 4.78 is 5.64.